The van der Waals surface area contributed by atoms with Gasteiger partial charge in [-0.25, -0.2) is 9.18 Å². The van der Waals surface area contributed by atoms with Crippen LogP contribution in [0.2, 0.25) is 0 Å². The Balaban J connectivity index is 1.10. The van der Waals surface area contributed by atoms with E-state index in [4.69, 9.17) is 9.47 Å². The molecule has 0 radical (unpaired) electrons. The highest BCUT2D eigenvalue weighted by Crippen LogP contribution is 2.38. The first-order valence-electron chi connectivity index (χ1n) is 13.8. The van der Waals surface area contributed by atoms with Gasteiger partial charge in [0.25, 0.3) is 5.69 Å². The van der Waals surface area contributed by atoms with Crippen molar-refractivity contribution >= 4 is 23.2 Å². The van der Waals surface area contributed by atoms with Gasteiger partial charge in [0, 0.05) is 50.0 Å². The minimum Gasteiger partial charge on any atom is -0.489 e. The Kier molecular flexibility index (Phi) is 8.83. The number of nitro benzene ring substituents is 1. The van der Waals surface area contributed by atoms with E-state index in [1.54, 1.807) is 17.3 Å². The summed E-state index contributed by atoms with van der Waals surface area (Å²) in [6.07, 6.45) is 0.527. The number of nitrogens with one attached hydrogen (secondary N) is 1. The molecule has 2 heterocycles. The Morgan fingerprint density at radius 3 is 2.30 bits per heavy atom. The largest absolute Gasteiger partial charge is 0.489 e. The topological polar surface area (TPSA) is 110 Å². The van der Waals surface area contributed by atoms with Gasteiger partial charge in [0.2, 0.25) is 0 Å². The van der Waals surface area contributed by atoms with Crippen LogP contribution in [0.15, 0.2) is 60.9 Å². The molecular weight excluding hydrogens is 574 g/mol. The molecule has 3 aromatic rings. The summed E-state index contributed by atoms with van der Waals surface area (Å²) in [5, 5.41) is 14.1. The zero-order valence-electron chi connectivity index (χ0n) is 22.9. The van der Waals surface area contributed by atoms with Crippen LogP contribution >= 0.6 is 0 Å². The van der Waals surface area contributed by atoms with Gasteiger partial charge < -0.3 is 24.6 Å². The molecule has 1 saturated carbocycles. The third kappa shape index (κ3) is 7.62. The molecule has 2 aliphatic rings. The molecule has 1 aliphatic carbocycles. The number of piperazine rings is 1. The van der Waals surface area contributed by atoms with Gasteiger partial charge in [-0.2, -0.15) is 13.2 Å². The number of carbonyl (C=O) groups excluding carboxylic acids is 1. The zero-order chi connectivity index (χ0) is 30.6. The molecule has 0 bridgehead atoms. The fourth-order valence-electron chi connectivity index (χ4n) is 5.23. The van der Waals surface area contributed by atoms with Crippen molar-refractivity contribution in [1.29, 1.82) is 0 Å². The number of hydrogen-bond donors (Lipinski definition) is 1. The molecule has 1 aromatic heterocycles. The van der Waals surface area contributed by atoms with E-state index < -0.39 is 34.3 Å². The van der Waals surface area contributed by atoms with E-state index in [1.165, 1.54) is 30.3 Å². The van der Waals surface area contributed by atoms with Gasteiger partial charge in [-0.15, -0.1) is 0 Å². The van der Waals surface area contributed by atoms with Crippen molar-refractivity contribution in [2.45, 2.75) is 44.0 Å². The van der Waals surface area contributed by atoms with Crippen molar-refractivity contribution in [1.82, 2.24) is 9.88 Å². The lowest BCUT2D eigenvalue weighted by atomic mass is 9.92. The Morgan fingerprint density at radius 2 is 1.65 bits per heavy atom. The quantitative estimate of drug-likeness (QED) is 0.191. The molecular formula is C29H29F4N5O5. The summed E-state index contributed by atoms with van der Waals surface area (Å²) in [5.74, 6) is 0.454. The second-order valence-electron chi connectivity index (χ2n) is 10.4. The first kappa shape index (κ1) is 29.9. The molecule has 0 spiro atoms. The van der Waals surface area contributed by atoms with Crippen molar-refractivity contribution in [3.63, 3.8) is 0 Å². The van der Waals surface area contributed by atoms with E-state index in [9.17, 15) is 32.5 Å². The fraction of sp³-hybridized carbons (Fsp3) is 0.379. The molecule has 1 amide bonds. The van der Waals surface area contributed by atoms with Gasteiger partial charge in [-0.05, 0) is 62.1 Å². The predicted octanol–water partition coefficient (Wildman–Crippen LogP) is 6.27. The Hall–Kier alpha value is -4.62. The molecule has 10 nitrogen and oxygen atoms in total. The van der Waals surface area contributed by atoms with Crippen molar-refractivity contribution in [3.05, 3.63) is 82.4 Å². The van der Waals surface area contributed by atoms with E-state index >= 15 is 0 Å². The standard InChI is InChI=1S/C29H29F4N5O5/c30-19-1-6-24(7-2-19)43-28(39)37-13-11-36(12-14-37)22-16-25(18-34-17-22)42-23-8-3-20(4-9-23)35-21-5-10-27(38(40)41)26(15-21)29(31,32)33/h1-2,5-7,10,15-18,20,23,35H,3-4,8-9,11-14H2. The average Bonchev–Trinajstić information content (AvgIpc) is 2.99. The van der Waals surface area contributed by atoms with E-state index in [-0.39, 0.29) is 23.6 Å². The second kappa shape index (κ2) is 12.7. The first-order chi connectivity index (χ1) is 20.5. The predicted molar refractivity (Wildman–Crippen MR) is 149 cm³/mol. The van der Waals surface area contributed by atoms with Crippen molar-refractivity contribution in [3.8, 4) is 11.5 Å². The van der Waals surface area contributed by atoms with Crippen molar-refractivity contribution in [2.24, 2.45) is 0 Å². The summed E-state index contributed by atoms with van der Waals surface area (Å²) in [6, 6.07) is 9.99. The molecule has 0 unspecified atom stereocenters. The normalized spacial score (nSPS) is 19.1. The number of nitrogens with zero attached hydrogens (tertiary/aromatic N) is 4. The Labute approximate surface area is 244 Å². The van der Waals surface area contributed by atoms with Gasteiger partial charge in [-0.1, -0.05) is 0 Å². The van der Waals surface area contributed by atoms with Crippen LogP contribution in [0.3, 0.4) is 0 Å². The molecule has 5 rings (SSSR count). The number of pyridine rings is 1. The van der Waals surface area contributed by atoms with Gasteiger partial charge in [0.15, 0.2) is 0 Å². The Bertz CT molecular complexity index is 1440. The molecule has 2 aromatic carbocycles. The summed E-state index contributed by atoms with van der Waals surface area (Å²) < 4.78 is 64.5. The van der Waals surface area contributed by atoms with Gasteiger partial charge in [0.1, 0.15) is 22.9 Å². The molecule has 1 aliphatic heterocycles. The molecule has 1 saturated heterocycles. The van der Waals surface area contributed by atoms with Crippen LogP contribution in [0.25, 0.3) is 0 Å². The number of alkyl halides is 3. The average molecular weight is 604 g/mol. The molecule has 43 heavy (non-hydrogen) atoms. The second-order valence-corrected chi connectivity index (χ2v) is 10.4. The number of rotatable bonds is 7. The third-order valence-electron chi connectivity index (χ3n) is 7.47. The van der Waals surface area contributed by atoms with E-state index in [0.29, 0.717) is 57.6 Å². The highest BCUT2D eigenvalue weighted by Gasteiger charge is 2.38. The lowest BCUT2D eigenvalue weighted by Crippen LogP contribution is -2.49. The van der Waals surface area contributed by atoms with Gasteiger partial charge in [-0.3, -0.25) is 15.1 Å². The van der Waals surface area contributed by atoms with Crippen molar-refractivity contribution < 1.29 is 36.8 Å². The number of nitro groups is 1. The van der Waals surface area contributed by atoms with Crippen LogP contribution in [0.5, 0.6) is 11.5 Å². The smallest absolute Gasteiger partial charge is 0.423 e. The van der Waals surface area contributed by atoms with E-state index in [0.717, 1.165) is 17.8 Å². The maximum Gasteiger partial charge on any atom is 0.423 e. The maximum absolute atomic E-state index is 13.3. The van der Waals surface area contributed by atoms with Gasteiger partial charge in [0.05, 0.1) is 29.1 Å². The van der Waals surface area contributed by atoms with Crippen LogP contribution in [0.1, 0.15) is 31.2 Å². The molecule has 2 fully saturated rings. The number of aromatic nitrogens is 1. The minimum absolute atomic E-state index is 0.0992. The summed E-state index contributed by atoms with van der Waals surface area (Å²) in [6.45, 7) is 1.97. The molecule has 1 N–H and O–H groups in total. The van der Waals surface area contributed by atoms with Gasteiger partial charge >= 0.3 is 12.3 Å². The van der Waals surface area contributed by atoms with Crippen LogP contribution in [-0.4, -0.2) is 59.2 Å². The molecule has 14 heteroatoms. The van der Waals surface area contributed by atoms with Crippen LogP contribution in [0, 0.1) is 15.9 Å². The van der Waals surface area contributed by atoms with Crippen molar-refractivity contribution in [2.75, 3.05) is 36.4 Å². The number of anilines is 2. The number of benzene rings is 2. The monoisotopic (exact) mass is 603 g/mol. The lowest BCUT2D eigenvalue weighted by Gasteiger charge is -2.35. The molecule has 228 valence electrons. The Morgan fingerprint density at radius 1 is 0.953 bits per heavy atom. The van der Waals surface area contributed by atoms with Crippen LogP contribution < -0.4 is 19.7 Å². The summed E-state index contributed by atoms with van der Waals surface area (Å²) >= 11 is 0. The van der Waals surface area contributed by atoms with Crippen LogP contribution in [-0.2, 0) is 6.18 Å². The first-order valence-corrected chi connectivity index (χ1v) is 13.8. The van der Waals surface area contributed by atoms with E-state index in [2.05, 4.69) is 15.2 Å². The van der Waals surface area contributed by atoms with Crippen LogP contribution in [0.4, 0.5) is 39.4 Å². The highest BCUT2D eigenvalue weighted by atomic mass is 19.4. The number of halogens is 4. The third-order valence-corrected chi connectivity index (χ3v) is 7.47. The summed E-state index contributed by atoms with van der Waals surface area (Å²) in [4.78, 5) is 30.4. The molecule has 0 atom stereocenters. The fourth-order valence-corrected chi connectivity index (χ4v) is 5.23. The number of carbonyl (C=O) groups is 1. The number of hydrogen-bond acceptors (Lipinski definition) is 8. The zero-order valence-corrected chi connectivity index (χ0v) is 22.9. The minimum atomic E-state index is -4.83. The summed E-state index contributed by atoms with van der Waals surface area (Å²) in [5.41, 5.74) is -1.23. The number of ether oxygens (including phenoxy) is 2. The SMILES string of the molecule is O=C(Oc1ccc(F)cc1)N1CCN(c2cncc(OC3CCC(Nc4ccc([N+](=O)[O-])c(C(F)(F)F)c4)CC3)c2)CC1. The van der Waals surface area contributed by atoms with E-state index in [1.807, 2.05) is 6.07 Å². The summed E-state index contributed by atoms with van der Waals surface area (Å²) in [7, 11) is 0. The lowest BCUT2D eigenvalue weighted by molar-refractivity contribution is -0.388. The maximum atomic E-state index is 13.3. The highest BCUT2D eigenvalue weighted by molar-refractivity contribution is 5.71. The number of amides is 1.